The second-order valence-corrected chi connectivity index (χ2v) is 5.11. The zero-order chi connectivity index (χ0) is 11.7. The van der Waals surface area contributed by atoms with E-state index >= 15 is 0 Å². The summed E-state index contributed by atoms with van der Waals surface area (Å²) in [6.45, 7) is 4.89. The summed E-state index contributed by atoms with van der Waals surface area (Å²) < 4.78 is 12.0. The Morgan fingerprint density at radius 1 is 1.29 bits per heavy atom. The van der Waals surface area contributed by atoms with Gasteiger partial charge in [0.2, 0.25) is 0 Å². The van der Waals surface area contributed by atoms with Crippen LogP contribution in [-0.4, -0.2) is 25.3 Å². The lowest BCUT2D eigenvalue weighted by atomic mass is 9.94. The fourth-order valence-corrected chi connectivity index (χ4v) is 2.65. The molecule has 1 unspecified atom stereocenters. The Bertz CT molecular complexity index is 399. The maximum Gasteiger partial charge on any atom is 0.184 e. The predicted octanol–water partition coefficient (Wildman–Crippen LogP) is 2.16. The van der Waals surface area contributed by atoms with Gasteiger partial charge in [-0.1, -0.05) is 29.8 Å². The van der Waals surface area contributed by atoms with E-state index in [0.29, 0.717) is 0 Å². The molecule has 2 saturated heterocycles. The molecule has 0 aliphatic carbocycles. The van der Waals surface area contributed by atoms with Crippen molar-refractivity contribution in [2.24, 2.45) is 0 Å². The van der Waals surface area contributed by atoms with Gasteiger partial charge in [0, 0.05) is 5.56 Å². The Morgan fingerprint density at radius 3 is 2.88 bits per heavy atom. The highest BCUT2D eigenvalue weighted by molar-refractivity contribution is 5.23. The first kappa shape index (κ1) is 11.2. The quantitative estimate of drug-likeness (QED) is 0.806. The van der Waals surface area contributed by atoms with E-state index < -0.39 is 0 Å². The highest BCUT2D eigenvalue weighted by atomic mass is 16.7. The van der Waals surface area contributed by atoms with Gasteiger partial charge in [-0.3, -0.25) is 0 Å². The molecule has 2 heterocycles. The van der Waals surface area contributed by atoms with Gasteiger partial charge in [0.1, 0.15) is 0 Å². The van der Waals surface area contributed by atoms with Gasteiger partial charge < -0.3 is 14.8 Å². The molecule has 1 atom stereocenters. The molecular weight excluding hydrogens is 214 g/mol. The Balaban J connectivity index is 1.75. The molecule has 0 bridgehead atoms. The van der Waals surface area contributed by atoms with E-state index in [0.717, 1.165) is 38.1 Å². The number of ether oxygens (including phenoxy) is 2. The predicted molar refractivity (Wildman–Crippen MR) is 65.8 cm³/mol. The van der Waals surface area contributed by atoms with Crippen LogP contribution < -0.4 is 5.32 Å². The zero-order valence-electron chi connectivity index (χ0n) is 10.2. The van der Waals surface area contributed by atoms with Gasteiger partial charge >= 0.3 is 0 Å². The van der Waals surface area contributed by atoms with Gasteiger partial charge in [-0.15, -0.1) is 0 Å². The average Bonchev–Trinajstić information content (AvgIpc) is 2.74. The maximum atomic E-state index is 6.17. The lowest BCUT2D eigenvalue weighted by Gasteiger charge is -2.31. The van der Waals surface area contributed by atoms with E-state index in [-0.39, 0.29) is 11.9 Å². The van der Waals surface area contributed by atoms with E-state index in [4.69, 9.17) is 9.47 Å². The summed E-state index contributed by atoms with van der Waals surface area (Å²) in [6, 6.07) is 8.38. The molecule has 92 valence electrons. The van der Waals surface area contributed by atoms with Gasteiger partial charge in [0.15, 0.2) is 6.29 Å². The number of hydrogen-bond donors (Lipinski definition) is 1. The molecule has 2 fully saturated rings. The van der Waals surface area contributed by atoms with Gasteiger partial charge in [0.05, 0.1) is 12.2 Å². The Morgan fingerprint density at radius 2 is 2.12 bits per heavy atom. The SMILES string of the molecule is Cc1cccc(C2OCC3(CCNCC3)O2)c1. The van der Waals surface area contributed by atoms with Crippen LogP contribution >= 0.6 is 0 Å². The molecule has 17 heavy (non-hydrogen) atoms. The molecule has 0 radical (unpaired) electrons. The van der Waals surface area contributed by atoms with E-state index in [9.17, 15) is 0 Å². The Kier molecular flexibility index (Phi) is 2.90. The van der Waals surface area contributed by atoms with Crippen molar-refractivity contribution in [2.45, 2.75) is 31.7 Å². The number of rotatable bonds is 1. The summed E-state index contributed by atoms with van der Waals surface area (Å²) in [5.74, 6) is 0. The van der Waals surface area contributed by atoms with Crippen LogP contribution in [0.2, 0.25) is 0 Å². The lowest BCUT2D eigenvalue weighted by Crippen LogP contribution is -2.43. The van der Waals surface area contributed by atoms with Crippen molar-refractivity contribution in [2.75, 3.05) is 19.7 Å². The third-order valence-electron chi connectivity index (χ3n) is 3.68. The van der Waals surface area contributed by atoms with Crippen LogP contribution in [0.25, 0.3) is 0 Å². The molecule has 2 aliphatic heterocycles. The zero-order valence-corrected chi connectivity index (χ0v) is 10.2. The van der Waals surface area contributed by atoms with Crippen molar-refractivity contribution in [1.29, 1.82) is 0 Å². The fraction of sp³-hybridized carbons (Fsp3) is 0.571. The van der Waals surface area contributed by atoms with Gasteiger partial charge in [0.25, 0.3) is 0 Å². The van der Waals surface area contributed by atoms with Crippen molar-refractivity contribution in [3.63, 3.8) is 0 Å². The van der Waals surface area contributed by atoms with Crippen molar-refractivity contribution < 1.29 is 9.47 Å². The van der Waals surface area contributed by atoms with Crippen LogP contribution in [0.3, 0.4) is 0 Å². The molecule has 3 rings (SSSR count). The van der Waals surface area contributed by atoms with Gasteiger partial charge in [-0.2, -0.15) is 0 Å². The molecule has 0 amide bonds. The molecule has 1 aromatic rings. The second kappa shape index (κ2) is 4.41. The number of aryl methyl sites for hydroxylation is 1. The molecule has 3 nitrogen and oxygen atoms in total. The fourth-order valence-electron chi connectivity index (χ4n) is 2.65. The first-order valence-electron chi connectivity index (χ1n) is 6.34. The lowest BCUT2D eigenvalue weighted by molar-refractivity contribution is -0.101. The van der Waals surface area contributed by atoms with E-state index in [1.807, 2.05) is 0 Å². The Labute approximate surface area is 102 Å². The highest BCUT2D eigenvalue weighted by Gasteiger charge is 2.42. The smallest absolute Gasteiger partial charge is 0.184 e. The molecule has 2 aliphatic rings. The molecule has 1 N–H and O–H groups in total. The van der Waals surface area contributed by atoms with E-state index in [1.54, 1.807) is 0 Å². The third-order valence-corrected chi connectivity index (χ3v) is 3.68. The minimum Gasteiger partial charge on any atom is -0.345 e. The van der Waals surface area contributed by atoms with Crippen LogP contribution in [0.5, 0.6) is 0 Å². The normalized spacial score (nSPS) is 27.5. The summed E-state index contributed by atoms with van der Waals surface area (Å²) in [5.41, 5.74) is 2.35. The minimum absolute atomic E-state index is 0.0420. The van der Waals surface area contributed by atoms with Crippen molar-refractivity contribution in [3.8, 4) is 0 Å². The second-order valence-electron chi connectivity index (χ2n) is 5.11. The van der Waals surface area contributed by atoms with Crippen molar-refractivity contribution in [1.82, 2.24) is 5.32 Å². The number of piperidine rings is 1. The molecule has 1 spiro atoms. The maximum absolute atomic E-state index is 6.17. The molecule has 0 saturated carbocycles. The molecule has 0 aromatic heterocycles. The number of nitrogens with one attached hydrogen (secondary N) is 1. The van der Waals surface area contributed by atoms with E-state index in [1.165, 1.54) is 5.56 Å². The summed E-state index contributed by atoms with van der Waals surface area (Å²) >= 11 is 0. The Hall–Kier alpha value is -0.900. The van der Waals surface area contributed by atoms with Crippen LogP contribution in [0.4, 0.5) is 0 Å². The average molecular weight is 233 g/mol. The van der Waals surface area contributed by atoms with Crippen LogP contribution in [-0.2, 0) is 9.47 Å². The first-order valence-corrected chi connectivity index (χ1v) is 6.34. The molecular formula is C14H19NO2. The van der Waals surface area contributed by atoms with Gasteiger partial charge in [-0.05, 0) is 32.9 Å². The highest BCUT2D eigenvalue weighted by Crippen LogP contribution is 2.38. The minimum atomic E-state index is -0.173. The summed E-state index contributed by atoms with van der Waals surface area (Å²) in [6.07, 6.45) is 1.93. The van der Waals surface area contributed by atoms with E-state index in [2.05, 4.69) is 36.5 Å². The first-order chi connectivity index (χ1) is 8.27. The van der Waals surface area contributed by atoms with Crippen molar-refractivity contribution in [3.05, 3.63) is 35.4 Å². The van der Waals surface area contributed by atoms with Crippen LogP contribution in [0.1, 0.15) is 30.3 Å². The molecule has 3 heteroatoms. The monoisotopic (exact) mass is 233 g/mol. The largest absolute Gasteiger partial charge is 0.345 e. The number of benzene rings is 1. The number of hydrogen-bond acceptors (Lipinski definition) is 3. The summed E-state index contributed by atoms with van der Waals surface area (Å²) in [5, 5.41) is 3.36. The van der Waals surface area contributed by atoms with Crippen LogP contribution in [0, 0.1) is 6.92 Å². The van der Waals surface area contributed by atoms with Crippen LogP contribution in [0.15, 0.2) is 24.3 Å². The summed E-state index contributed by atoms with van der Waals surface area (Å²) in [7, 11) is 0. The van der Waals surface area contributed by atoms with Crippen molar-refractivity contribution >= 4 is 0 Å². The summed E-state index contributed by atoms with van der Waals surface area (Å²) in [4.78, 5) is 0. The van der Waals surface area contributed by atoms with Gasteiger partial charge in [-0.25, -0.2) is 0 Å². The topological polar surface area (TPSA) is 30.5 Å². The third kappa shape index (κ3) is 2.23. The molecule has 1 aromatic carbocycles. The standard InChI is InChI=1S/C14H19NO2/c1-11-3-2-4-12(9-11)13-16-10-14(17-13)5-7-15-8-6-14/h2-4,9,13,15H,5-8,10H2,1H3.